The molecule has 0 aliphatic rings. The van der Waals surface area contributed by atoms with E-state index in [0.29, 0.717) is 6.42 Å². The van der Waals surface area contributed by atoms with Crippen LogP contribution in [0.4, 0.5) is 4.39 Å². The molecule has 0 heterocycles. The molecule has 0 atom stereocenters. The van der Waals surface area contributed by atoms with E-state index in [1.54, 1.807) is 12.1 Å². The van der Waals surface area contributed by atoms with Crippen molar-refractivity contribution in [2.24, 2.45) is 0 Å². The summed E-state index contributed by atoms with van der Waals surface area (Å²) in [5.41, 5.74) is 0.343. The van der Waals surface area contributed by atoms with Crippen LogP contribution in [0.2, 0.25) is 0 Å². The first-order valence-corrected chi connectivity index (χ1v) is 5.06. The van der Waals surface area contributed by atoms with E-state index < -0.39 is 5.60 Å². The molecule has 2 heteroatoms. The lowest BCUT2D eigenvalue weighted by Gasteiger charge is -2.25. The van der Waals surface area contributed by atoms with Crippen molar-refractivity contribution in [1.29, 1.82) is 0 Å². The zero-order valence-corrected chi connectivity index (χ0v) is 8.76. The molecule has 1 nitrogen and oxygen atoms in total. The Labute approximate surface area is 84.6 Å². The molecule has 0 radical (unpaired) electrons. The molecule has 0 saturated carbocycles. The zero-order chi connectivity index (χ0) is 10.6. The van der Waals surface area contributed by atoms with Gasteiger partial charge in [-0.15, -0.1) is 0 Å². The lowest BCUT2D eigenvalue weighted by atomic mass is 9.90. The Morgan fingerprint density at radius 2 is 1.64 bits per heavy atom. The van der Waals surface area contributed by atoms with Gasteiger partial charge >= 0.3 is 0 Å². The van der Waals surface area contributed by atoms with Gasteiger partial charge in [-0.05, 0) is 30.5 Å². The van der Waals surface area contributed by atoms with Crippen molar-refractivity contribution in [3.05, 3.63) is 35.6 Å². The maximum atomic E-state index is 12.6. The van der Waals surface area contributed by atoms with Crippen molar-refractivity contribution < 1.29 is 9.50 Å². The first kappa shape index (κ1) is 11.2. The maximum absolute atomic E-state index is 12.6. The summed E-state index contributed by atoms with van der Waals surface area (Å²) in [4.78, 5) is 0. The molecule has 78 valence electrons. The smallest absolute Gasteiger partial charge is 0.123 e. The number of aliphatic hydroxyl groups is 1. The molecule has 0 unspecified atom stereocenters. The highest BCUT2D eigenvalue weighted by Gasteiger charge is 2.22. The van der Waals surface area contributed by atoms with Crippen LogP contribution < -0.4 is 0 Å². The van der Waals surface area contributed by atoms with Crippen LogP contribution in [0.3, 0.4) is 0 Å². The molecule has 14 heavy (non-hydrogen) atoms. The van der Waals surface area contributed by atoms with E-state index in [1.807, 2.05) is 13.8 Å². The third kappa shape index (κ3) is 2.81. The molecular formula is C12H17FO. The van der Waals surface area contributed by atoms with Gasteiger partial charge in [0.1, 0.15) is 5.82 Å². The Morgan fingerprint density at radius 1 is 1.14 bits per heavy atom. The molecular weight excluding hydrogens is 179 g/mol. The summed E-state index contributed by atoms with van der Waals surface area (Å²) in [5.74, 6) is -0.231. The van der Waals surface area contributed by atoms with E-state index in [1.165, 1.54) is 12.1 Å². The summed E-state index contributed by atoms with van der Waals surface area (Å²) in [6.45, 7) is 3.93. The second-order valence-corrected chi connectivity index (χ2v) is 3.73. The number of benzene rings is 1. The minimum Gasteiger partial charge on any atom is -0.390 e. The zero-order valence-electron chi connectivity index (χ0n) is 8.76. The fourth-order valence-electron chi connectivity index (χ4n) is 1.48. The van der Waals surface area contributed by atoms with Gasteiger partial charge in [0.2, 0.25) is 0 Å². The van der Waals surface area contributed by atoms with Crippen molar-refractivity contribution in [3.8, 4) is 0 Å². The Hall–Kier alpha value is -0.890. The summed E-state index contributed by atoms with van der Waals surface area (Å²) in [6, 6.07) is 6.32. The normalized spacial score (nSPS) is 11.7. The first-order valence-electron chi connectivity index (χ1n) is 5.06. The van der Waals surface area contributed by atoms with Gasteiger partial charge in [0, 0.05) is 6.42 Å². The quantitative estimate of drug-likeness (QED) is 0.785. The molecule has 0 amide bonds. The first-order chi connectivity index (χ1) is 6.59. The molecule has 0 aromatic heterocycles. The maximum Gasteiger partial charge on any atom is 0.123 e. The van der Waals surface area contributed by atoms with Crippen LogP contribution >= 0.6 is 0 Å². The SMILES string of the molecule is CCC(O)(CC)Cc1ccc(F)cc1. The third-order valence-corrected chi connectivity index (χ3v) is 2.76. The average Bonchev–Trinajstić information content (AvgIpc) is 2.21. The fourth-order valence-corrected chi connectivity index (χ4v) is 1.48. The molecule has 0 fully saturated rings. The van der Waals surface area contributed by atoms with Gasteiger partial charge in [-0.3, -0.25) is 0 Å². The summed E-state index contributed by atoms with van der Waals surface area (Å²) in [5, 5.41) is 10.1. The molecule has 1 aromatic carbocycles. The van der Waals surface area contributed by atoms with E-state index in [0.717, 1.165) is 18.4 Å². The van der Waals surface area contributed by atoms with E-state index in [2.05, 4.69) is 0 Å². The number of hydrogen-bond donors (Lipinski definition) is 1. The van der Waals surface area contributed by atoms with E-state index >= 15 is 0 Å². The molecule has 0 spiro atoms. The largest absolute Gasteiger partial charge is 0.390 e. The lowest BCUT2D eigenvalue weighted by Crippen LogP contribution is -2.29. The number of rotatable bonds is 4. The minimum absolute atomic E-state index is 0.231. The molecule has 0 bridgehead atoms. The second kappa shape index (κ2) is 4.56. The molecule has 1 rings (SSSR count). The van der Waals surface area contributed by atoms with Gasteiger partial charge in [-0.2, -0.15) is 0 Å². The number of hydrogen-bond acceptors (Lipinski definition) is 1. The Morgan fingerprint density at radius 3 is 2.07 bits per heavy atom. The lowest BCUT2D eigenvalue weighted by molar-refractivity contribution is 0.0326. The van der Waals surface area contributed by atoms with E-state index in [-0.39, 0.29) is 5.82 Å². The van der Waals surface area contributed by atoms with Gasteiger partial charge in [0.15, 0.2) is 0 Å². The summed E-state index contributed by atoms with van der Waals surface area (Å²) >= 11 is 0. The second-order valence-electron chi connectivity index (χ2n) is 3.73. The third-order valence-electron chi connectivity index (χ3n) is 2.76. The molecule has 0 aliphatic heterocycles. The Bertz CT molecular complexity index is 275. The highest BCUT2D eigenvalue weighted by atomic mass is 19.1. The summed E-state index contributed by atoms with van der Waals surface area (Å²) in [6.07, 6.45) is 2.04. The molecule has 0 aliphatic carbocycles. The molecule has 1 aromatic rings. The Kier molecular flexibility index (Phi) is 3.64. The van der Waals surface area contributed by atoms with Gasteiger partial charge in [-0.25, -0.2) is 4.39 Å². The van der Waals surface area contributed by atoms with Crippen molar-refractivity contribution in [2.45, 2.75) is 38.7 Å². The van der Waals surface area contributed by atoms with Crippen molar-refractivity contribution >= 4 is 0 Å². The monoisotopic (exact) mass is 196 g/mol. The van der Waals surface area contributed by atoms with Gasteiger partial charge < -0.3 is 5.11 Å². The van der Waals surface area contributed by atoms with Crippen molar-refractivity contribution in [2.75, 3.05) is 0 Å². The van der Waals surface area contributed by atoms with Crippen LogP contribution in [0.25, 0.3) is 0 Å². The van der Waals surface area contributed by atoms with Gasteiger partial charge in [-0.1, -0.05) is 26.0 Å². The topological polar surface area (TPSA) is 20.2 Å². The van der Waals surface area contributed by atoms with Crippen LogP contribution in [-0.2, 0) is 6.42 Å². The standard InChI is InChI=1S/C12H17FO/c1-3-12(14,4-2)9-10-5-7-11(13)8-6-10/h5-8,14H,3-4,9H2,1-2H3. The van der Waals surface area contributed by atoms with Crippen molar-refractivity contribution in [1.82, 2.24) is 0 Å². The highest BCUT2D eigenvalue weighted by Crippen LogP contribution is 2.20. The molecule has 0 saturated heterocycles. The minimum atomic E-state index is -0.641. The van der Waals surface area contributed by atoms with E-state index in [4.69, 9.17) is 0 Å². The van der Waals surface area contributed by atoms with Crippen LogP contribution in [-0.4, -0.2) is 10.7 Å². The van der Waals surface area contributed by atoms with Crippen LogP contribution in [0.15, 0.2) is 24.3 Å². The summed E-state index contributed by atoms with van der Waals surface area (Å²) in [7, 11) is 0. The van der Waals surface area contributed by atoms with Crippen LogP contribution in [0.1, 0.15) is 32.3 Å². The predicted octanol–water partition coefficient (Wildman–Crippen LogP) is 2.92. The fraction of sp³-hybridized carbons (Fsp3) is 0.500. The van der Waals surface area contributed by atoms with E-state index in [9.17, 15) is 9.50 Å². The average molecular weight is 196 g/mol. The highest BCUT2D eigenvalue weighted by molar-refractivity contribution is 5.18. The number of halogens is 1. The predicted molar refractivity (Wildman–Crippen MR) is 55.6 cm³/mol. The van der Waals surface area contributed by atoms with Crippen LogP contribution in [0.5, 0.6) is 0 Å². The molecule has 1 N–H and O–H groups in total. The Balaban J connectivity index is 2.72. The van der Waals surface area contributed by atoms with Crippen molar-refractivity contribution in [3.63, 3.8) is 0 Å². The summed E-state index contributed by atoms with van der Waals surface area (Å²) < 4.78 is 12.6. The van der Waals surface area contributed by atoms with Crippen LogP contribution in [0, 0.1) is 5.82 Å². The van der Waals surface area contributed by atoms with Gasteiger partial charge in [0.05, 0.1) is 5.60 Å². The van der Waals surface area contributed by atoms with Gasteiger partial charge in [0.25, 0.3) is 0 Å².